The fraction of sp³-hybridized carbons (Fsp3) is 0.200. The van der Waals surface area contributed by atoms with Crippen LogP contribution >= 0.6 is 0 Å². The van der Waals surface area contributed by atoms with Crippen LogP contribution in [0.3, 0.4) is 0 Å². The summed E-state index contributed by atoms with van der Waals surface area (Å²) >= 11 is 0. The lowest BCUT2D eigenvalue weighted by atomic mass is 10.1. The Hall–Kier alpha value is -2.43. The van der Waals surface area contributed by atoms with E-state index in [9.17, 15) is 9.18 Å². The third-order valence-electron chi connectivity index (χ3n) is 2.91. The van der Waals surface area contributed by atoms with E-state index in [4.69, 9.17) is 5.73 Å². The summed E-state index contributed by atoms with van der Waals surface area (Å²) in [5.74, 6) is -1.62. The topological polar surface area (TPSA) is 68.0 Å². The Labute approximate surface area is 116 Å². The standard InChI is InChI=1S/C15H16FN3O/c1-2-3-10-4-6-11(7-5-10)19-15(20)12-8-9-18-14(17)13(12)16/h4-9H,2-3H2,1H3,(H2,17,18)(H,19,20). The van der Waals surface area contributed by atoms with Gasteiger partial charge >= 0.3 is 0 Å². The molecule has 4 nitrogen and oxygen atoms in total. The molecule has 5 heteroatoms. The fourth-order valence-electron chi connectivity index (χ4n) is 1.88. The molecule has 1 heterocycles. The number of pyridine rings is 1. The number of nitrogen functional groups attached to an aromatic ring is 1. The molecule has 0 aliphatic rings. The maximum atomic E-state index is 13.7. The number of aryl methyl sites for hydroxylation is 1. The van der Waals surface area contributed by atoms with E-state index in [0.29, 0.717) is 5.69 Å². The molecule has 20 heavy (non-hydrogen) atoms. The van der Waals surface area contributed by atoms with Crippen LogP contribution in [0.15, 0.2) is 36.5 Å². The number of nitrogens with zero attached hydrogens (tertiary/aromatic N) is 1. The fourth-order valence-corrected chi connectivity index (χ4v) is 1.88. The van der Waals surface area contributed by atoms with Crippen molar-refractivity contribution in [1.82, 2.24) is 4.98 Å². The first-order valence-electron chi connectivity index (χ1n) is 6.42. The van der Waals surface area contributed by atoms with Crippen molar-refractivity contribution in [1.29, 1.82) is 0 Å². The lowest BCUT2D eigenvalue weighted by Gasteiger charge is -2.07. The molecular weight excluding hydrogens is 257 g/mol. The summed E-state index contributed by atoms with van der Waals surface area (Å²) in [6.45, 7) is 2.10. The molecule has 0 aliphatic carbocycles. The molecule has 0 atom stereocenters. The van der Waals surface area contributed by atoms with Crippen LogP contribution in [0.5, 0.6) is 0 Å². The molecule has 1 aromatic heterocycles. The van der Waals surface area contributed by atoms with Gasteiger partial charge in [-0.1, -0.05) is 25.5 Å². The Balaban J connectivity index is 2.13. The molecule has 0 aliphatic heterocycles. The summed E-state index contributed by atoms with van der Waals surface area (Å²) in [4.78, 5) is 15.5. The number of halogens is 1. The molecule has 3 N–H and O–H groups in total. The van der Waals surface area contributed by atoms with E-state index in [2.05, 4.69) is 17.2 Å². The number of nitrogens with two attached hydrogens (primary N) is 1. The molecule has 1 aromatic carbocycles. The summed E-state index contributed by atoms with van der Waals surface area (Å²) in [7, 11) is 0. The van der Waals surface area contributed by atoms with Crippen molar-refractivity contribution >= 4 is 17.4 Å². The van der Waals surface area contributed by atoms with Crippen LogP contribution in [0.1, 0.15) is 29.3 Å². The van der Waals surface area contributed by atoms with Gasteiger partial charge in [0.25, 0.3) is 5.91 Å². The predicted molar refractivity (Wildman–Crippen MR) is 77.0 cm³/mol. The van der Waals surface area contributed by atoms with Gasteiger partial charge < -0.3 is 11.1 Å². The number of aromatic nitrogens is 1. The predicted octanol–water partition coefficient (Wildman–Crippen LogP) is 3.01. The SMILES string of the molecule is CCCc1ccc(NC(=O)c2ccnc(N)c2F)cc1. The molecule has 0 radical (unpaired) electrons. The van der Waals surface area contributed by atoms with Crippen molar-refractivity contribution in [2.75, 3.05) is 11.1 Å². The third-order valence-corrected chi connectivity index (χ3v) is 2.91. The minimum absolute atomic E-state index is 0.116. The number of rotatable bonds is 4. The molecule has 2 rings (SSSR count). The summed E-state index contributed by atoms with van der Waals surface area (Å²) in [6, 6.07) is 8.77. The number of anilines is 2. The number of amides is 1. The molecule has 0 saturated heterocycles. The lowest BCUT2D eigenvalue weighted by molar-refractivity contribution is 0.102. The van der Waals surface area contributed by atoms with Gasteiger partial charge in [-0.25, -0.2) is 9.37 Å². The van der Waals surface area contributed by atoms with E-state index in [1.165, 1.54) is 17.8 Å². The average molecular weight is 273 g/mol. The Morgan fingerprint density at radius 3 is 2.65 bits per heavy atom. The van der Waals surface area contributed by atoms with E-state index < -0.39 is 11.7 Å². The van der Waals surface area contributed by atoms with Crippen LogP contribution < -0.4 is 11.1 Å². The minimum atomic E-state index is -0.799. The van der Waals surface area contributed by atoms with E-state index in [-0.39, 0.29) is 11.4 Å². The van der Waals surface area contributed by atoms with Crippen LogP contribution in [-0.2, 0) is 6.42 Å². The van der Waals surface area contributed by atoms with Crippen molar-refractivity contribution in [3.05, 3.63) is 53.5 Å². The third kappa shape index (κ3) is 3.12. The van der Waals surface area contributed by atoms with Gasteiger partial charge in [-0.3, -0.25) is 4.79 Å². The number of benzene rings is 1. The van der Waals surface area contributed by atoms with Crippen molar-refractivity contribution in [2.24, 2.45) is 0 Å². The van der Waals surface area contributed by atoms with Gasteiger partial charge in [-0.2, -0.15) is 0 Å². The zero-order valence-electron chi connectivity index (χ0n) is 11.2. The highest BCUT2D eigenvalue weighted by Crippen LogP contribution is 2.16. The zero-order chi connectivity index (χ0) is 14.5. The van der Waals surface area contributed by atoms with Gasteiger partial charge in [-0.15, -0.1) is 0 Å². The zero-order valence-corrected chi connectivity index (χ0v) is 11.2. The highest BCUT2D eigenvalue weighted by atomic mass is 19.1. The minimum Gasteiger partial charge on any atom is -0.381 e. The van der Waals surface area contributed by atoms with E-state index in [0.717, 1.165) is 12.8 Å². The second-order valence-corrected chi connectivity index (χ2v) is 4.46. The van der Waals surface area contributed by atoms with Crippen molar-refractivity contribution in [3.63, 3.8) is 0 Å². The molecular formula is C15H16FN3O. The molecule has 0 spiro atoms. The first kappa shape index (κ1) is 14.0. The smallest absolute Gasteiger partial charge is 0.258 e. The summed E-state index contributed by atoms with van der Waals surface area (Å²) < 4.78 is 13.7. The van der Waals surface area contributed by atoms with E-state index in [1.54, 1.807) is 12.1 Å². The van der Waals surface area contributed by atoms with Gasteiger partial charge in [0.15, 0.2) is 11.6 Å². The maximum Gasteiger partial charge on any atom is 0.258 e. The quantitative estimate of drug-likeness (QED) is 0.899. The highest BCUT2D eigenvalue weighted by molar-refractivity contribution is 6.04. The Kier molecular flexibility index (Phi) is 4.30. The van der Waals surface area contributed by atoms with Crippen LogP contribution in [0.2, 0.25) is 0 Å². The monoisotopic (exact) mass is 273 g/mol. The number of nitrogens with one attached hydrogen (secondary N) is 1. The van der Waals surface area contributed by atoms with Gasteiger partial charge in [0.05, 0.1) is 5.56 Å². The summed E-state index contributed by atoms with van der Waals surface area (Å²) in [5.41, 5.74) is 7.04. The molecule has 0 fully saturated rings. The van der Waals surface area contributed by atoms with Gasteiger partial charge in [0.2, 0.25) is 0 Å². The second-order valence-electron chi connectivity index (χ2n) is 4.46. The van der Waals surface area contributed by atoms with Crippen LogP contribution in [0.25, 0.3) is 0 Å². The number of carbonyl (C=O) groups is 1. The lowest BCUT2D eigenvalue weighted by Crippen LogP contribution is -2.15. The first-order chi connectivity index (χ1) is 9.61. The van der Waals surface area contributed by atoms with Gasteiger partial charge in [0.1, 0.15) is 0 Å². The Morgan fingerprint density at radius 1 is 1.30 bits per heavy atom. The normalized spacial score (nSPS) is 10.3. The van der Waals surface area contributed by atoms with Crippen LogP contribution in [0, 0.1) is 5.82 Å². The van der Waals surface area contributed by atoms with Crippen molar-refractivity contribution in [2.45, 2.75) is 19.8 Å². The Bertz CT molecular complexity index is 611. The summed E-state index contributed by atoms with van der Waals surface area (Å²) in [6.07, 6.45) is 3.36. The van der Waals surface area contributed by atoms with E-state index in [1.807, 2.05) is 12.1 Å². The number of hydrogen-bond donors (Lipinski definition) is 2. The molecule has 104 valence electrons. The maximum absolute atomic E-state index is 13.7. The van der Waals surface area contributed by atoms with E-state index >= 15 is 0 Å². The highest BCUT2D eigenvalue weighted by Gasteiger charge is 2.14. The molecule has 0 unspecified atom stereocenters. The Morgan fingerprint density at radius 2 is 2.00 bits per heavy atom. The second kappa shape index (κ2) is 6.14. The van der Waals surface area contributed by atoms with Crippen molar-refractivity contribution in [3.8, 4) is 0 Å². The molecule has 2 aromatic rings. The number of hydrogen-bond acceptors (Lipinski definition) is 3. The summed E-state index contributed by atoms with van der Waals surface area (Å²) in [5, 5.41) is 2.63. The van der Waals surface area contributed by atoms with Crippen LogP contribution in [-0.4, -0.2) is 10.9 Å². The average Bonchev–Trinajstić information content (AvgIpc) is 2.44. The van der Waals surface area contributed by atoms with Crippen LogP contribution in [0.4, 0.5) is 15.9 Å². The largest absolute Gasteiger partial charge is 0.381 e. The first-order valence-corrected chi connectivity index (χ1v) is 6.42. The molecule has 0 saturated carbocycles. The van der Waals surface area contributed by atoms with Gasteiger partial charge in [-0.05, 0) is 30.2 Å². The molecule has 1 amide bonds. The van der Waals surface area contributed by atoms with Gasteiger partial charge in [0, 0.05) is 11.9 Å². The molecule has 0 bridgehead atoms. The van der Waals surface area contributed by atoms with Crippen molar-refractivity contribution < 1.29 is 9.18 Å². The number of carbonyl (C=O) groups excluding carboxylic acids is 1.